The lowest BCUT2D eigenvalue weighted by Crippen LogP contribution is -2.14. The predicted molar refractivity (Wildman–Crippen MR) is 117 cm³/mol. The summed E-state index contributed by atoms with van der Waals surface area (Å²) in [6.07, 6.45) is -4.69. The molecule has 0 spiro atoms. The van der Waals surface area contributed by atoms with Gasteiger partial charge in [0.25, 0.3) is 5.69 Å². The lowest BCUT2D eigenvalue weighted by molar-refractivity contribution is -0.385. The average Bonchev–Trinajstić information content (AvgIpc) is 3.26. The molecule has 0 N–H and O–H groups in total. The van der Waals surface area contributed by atoms with Gasteiger partial charge in [0.05, 0.1) is 40.0 Å². The van der Waals surface area contributed by atoms with Crippen molar-refractivity contribution in [1.82, 2.24) is 0 Å². The molecule has 0 amide bonds. The maximum atomic E-state index is 13.0. The summed E-state index contributed by atoms with van der Waals surface area (Å²) in [5.74, 6) is -1.14. The molecule has 184 valence electrons. The van der Waals surface area contributed by atoms with Crippen LogP contribution in [0.15, 0.2) is 41.6 Å². The first kappa shape index (κ1) is 26.0. The average molecular weight is 523 g/mol. The van der Waals surface area contributed by atoms with Crippen LogP contribution in [0.1, 0.15) is 31.4 Å². The summed E-state index contributed by atoms with van der Waals surface area (Å²) in [6.45, 7) is 3.43. The smallest absolute Gasteiger partial charge is 0.416 e. The number of halogens is 4. The van der Waals surface area contributed by atoms with Gasteiger partial charge in [0.1, 0.15) is 11.5 Å². The third-order valence-corrected chi connectivity index (χ3v) is 7.10. The molecule has 14 heteroatoms. The molecule has 1 aliphatic heterocycles. The van der Waals surface area contributed by atoms with E-state index in [1.807, 2.05) is 0 Å². The molecule has 0 radical (unpaired) electrons. The zero-order valence-electron chi connectivity index (χ0n) is 17.9. The van der Waals surface area contributed by atoms with Gasteiger partial charge in [-0.3, -0.25) is 14.7 Å². The SMILES string of the molecule is CCOP(=O)(OCC)C1CC(c2cc(Oc3ccc(C(F)(F)F)cc3Cl)ccc2[N+](=O)[O-])=NO1. The largest absolute Gasteiger partial charge is 0.456 e. The van der Waals surface area contributed by atoms with Crippen molar-refractivity contribution >= 4 is 30.6 Å². The van der Waals surface area contributed by atoms with Crippen molar-refractivity contribution in [2.24, 2.45) is 5.16 Å². The van der Waals surface area contributed by atoms with E-state index < -0.39 is 30.1 Å². The number of alkyl halides is 3. The van der Waals surface area contributed by atoms with Crippen molar-refractivity contribution in [2.45, 2.75) is 32.3 Å². The molecule has 2 aromatic carbocycles. The highest BCUT2D eigenvalue weighted by Gasteiger charge is 2.43. The Labute approximate surface area is 197 Å². The van der Waals surface area contributed by atoms with Crippen LogP contribution >= 0.6 is 19.2 Å². The van der Waals surface area contributed by atoms with Crippen molar-refractivity contribution in [3.05, 3.63) is 62.7 Å². The molecule has 1 heterocycles. The summed E-state index contributed by atoms with van der Waals surface area (Å²) in [5.41, 5.74) is -1.19. The number of oxime groups is 1. The van der Waals surface area contributed by atoms with Gasteiger partial charge >= 0.3 is 13.8 Å². The molecule has 0 saturated carbocycles. The van der Waals surface area contributed by atoms with E-state index in [1.165, 1.54) is 12.1 Å². The van der Waals surface area contributed by atoms with Crippen molar-refractivity contribution in [1.29, 1.82) is 0 Å². The summed E-state index contributed by atoms with van der Waals surface area (Å²) >= 11 is 5.93. The molecule has 2 aromatic rings. The number of benzene rings is 2. The number of nitro benzene ring substituents is 1. The quantitative estimate of drug-likeness (QED) is 0.203. The first-order chi connectivity index (χ1) is 16.0. The van der Waals surface area contributed by atoms with E-state index >= 15 is 0 Å². The second-order valence-electron chi connectivity index (χ2n) is 6.86. The maximum Gasteiger partial charge on any atom is 0.416 e. The van der Waals surface area contributed by atoms with Crippen LogP contribution in [0.3, 0.4) is 0 Å². The predicted octanol–water partition coefficient (Wildman–Crippen LogP) is 6.78. The van der Waals surface area contributed by atoms with Gasteiger partial charge in [0.15, 0.2) is 0 Å². The van der Waals surface area contributed by atoms with E-state index in [0.717, 1.165) is 18.2 Å². The third kappa shape index (κ3) is 5.69. The molecule has 0 aliphatic carbocycles. The van der Waals surface area contributed by atoms with E-state index in [9.17, 15) is 27.9 Å². The minimum atomic E-state index is -4.58. The van der Waals surface area contributed by atoms with Crippen LogP contribution in [0.25, 0.3) is 0 Å². The van der Waals surface area contributed by atoms with Crippen LogP contribution in [0.4, 0.5) is 18.9 Å². The Morgan fingerprint density at radius 2 is 1.88 bits per heavy atom. The number of rotatable bonds is 9. The molecule has 1 unspecified atom stereocenters. The van der Waals surface area contributed by atoms with Crippen LogP contribution < -0.4 is 4.74 Å². The van der Waals surface area contributed by atoms with Gasteiger partial charge in [0, 0.05) is 12.5 Å². The summed E-state index contributed by atoms with van der Waals surface area (Å²) in [5, 5.41) is 15.1. The highest BCUT2D eigenvalue weighted by molar-refractivity contribution is 7.54. The van der Waals surface area contributed by atoms with Gasteiger partial charge in [-0.05, 0) is 44.2 Å². The van der Waals surface area contributed by atoms with Gasteiger partial charge in [-0.2, -0.15) is 13.2 Å². The first-order valence-corrected chi connectivity index (χ1v) is 11.9. The number of hydrogen-bond donors (Lipinski definition) is 0. The Balaban J connectivity index is 1.90. The zero-order chi connectivity index (χ0) is 25.1. The number of ether oxygens (including phenoxy) is 1. The van der Waals surface area contributed by atoms with Crippen LogP contribution in [0, 0.1) is 10.1 Å². The molecule has 9 nitrogen and oxygen atoms in total. The van der Waals surface area contributed by atoms with Gasteiger partial charge in [-0.25, -0.2) is 0 Å². The Morgan fingerprint density at radius 3 is 2.44 bits per heavy atom. The second-order valence-corrected chi connectivity index (χ2v) is 9.44. The Morgan fingerprint density at radius 1 is 1.21 bits per heavy atom. The van der Waals surface area contributed by atoms with Crippen LogP contribution in [0.5, 0.6) is 11.5 Å². The van der Waals surface area contributed by atoms with Gasteiger partial charge < -0.3 is 18.6 Å². The van der Waals surface area contributed by atoms with E-state index in [0.29, 0.717) is 6.07 Å². The lowest BCUT2D eigenvalue weighted by atomic mass is 10.1. The molecular formula is C20H19ClF3N2O7P. The van der Waals surface area contributed by atoms with Crippen molar-refractivity contribution in [3.8, 4) is 11.5 Å². The fourth-order valence-corrected chi connectivity index (χ4v) is 5.02. The summed E-state index contributed by atoms with van der Waals surface area (Å²) in [6, 6.07) is 6.22. The second kappa shape index (κ2) is 10.3. The molecule has 0 fully saturated rings. The van der Waals surface area contributed by atoms with Crippen molar-refractivity contribution in [2.75, 3.05) is 13.2 Å². The Hall–Kier alpha value is -2.66. The van der Waals surface area contributed by atoms with E-state index in [4.69, 9.17) is 30.2 Å². The summed E-state index contributed by atoms with van der Waals surface area (Å²) in [7, 11) is -3.70. The molecule has 1 atom stereocenters. The number of hydrogen-bond acceptors (Lipinski definition) is 8. The lowest BCUT2D eigenvalue weighted by Gasteiger charge is -2.20. The van der Waals surface area contributed by atoms with Gasteiger partial charge in [-0.1, -0.05) is 16.8 Å². The van der Waals surface area contributed by atoms with E-state index in [1.54, 1.807) is 13.8 Å². The minimum absolute atomic E-state index is 0.00702. The monoisotopic (exact) mass is 522 g/mol. The highest BCUT2D eigenvalue weighted by Crippen LogP contribution is 2.56. The molecule has 0 aromatic heterocycles. The van der Waals surface area contributed by atoms with E-state index in [2.05, 4.69) is 5.16 Å². The highest BCUT2D eigenvalue weighted by atomic mass is 35.5. The molecule has 3 rings (SSSR count). The van der Waals surface area contributed by atoms with Crippen LogP contribution in [-0.2, 0) is 24.6 Å². The standard InChI is InChI=1S/C20H19ClF3N2O7P/c1-3-30-34(29,31-4-2)19-11-16(25-33-19)14-10-13(6-7-17(14)26(27)28)32-18-8-5-12(9-15(18)21)20(22,23)24/h5-10,19H,3-4,11H2,1-2H3. The fourth-order valence-electron chi connectivity index (χ4n) is 3.11. The van der Waals surface area contributed by atoms with Gasteiger partial charge in [0.2, 0.25) is 5.85 Å². The number of nitro groups is 1. The summed E-state index contributed by atoms with van der Waals surface area (Å²) in [4.78, 5) is 16.1. The summed E-state index contributed by atoms with van der Waals surface area (Å²) < 4.78 is 67.6. The Kier molecular flexibility index (Phi) is 7.87. The maximum absolute atomic E-state index is 13.0. The van der Waals surface area contributed by atoms with Crippen LogP contribution in [-0.4, -0.2) is 29.7 Å². The topological polar surface area (TPSA) is 109 Å². The normalized spacial score (nSPS) is 16.2. The third-order valence-electron chi connectivity index (χ3n) is 4.59. The van der Waals surface area contributed by atoms with Crippen LogP contribution in [0.2, 0.25) is 5.02 Å². The molecule has 0 saturated heterocycles. The first-order valence-electron chi connectivity index (χ1n) is 9.93. The molecule has 34 heavy (non-hydrogen) atoms. The van der Waals surface area contributed by atoms with Crippen molar-refractivity contribution < 1.29 is 41.3 Å². The van der Waals surface area contributed by atoms with E-state index in [-0.39, 0.29) is 53.1 Å². The molecule has 1 aliphatic rings. The zero-order valence-corrected chi connectivity index (χ0v) is 19.5. The number of nitrogens with zero attached hydrogens (tertiary/aromatic N) is 2. The van der Waals surface area contributed by atoms with Crippen molar-refractivity contribution in [3.63, 3.8) is 0 Å². The Bertz CT molecular complexity index is 1150. The minimum Gasteiger partial charge on any atom is -0.456 e. The van der Waals surface area contributed by atoms with Gasteiger partial charge in [-0.15, -0.1) is 0 Å². The fraction of sp³-hybridized carbons (Fsp3) is 0.350. The molecule has 0 bridgehead atoms. The molecular weight excluding hydrogens is 504 g/mol.